The molecule has 2 aromatic rings. The summed E-state index contributed by atoms with van der Waals surface area (Å²) in [5.74, 6) is -1.12. The van der Waals surface area contributed by atoms with E-state index in [1.165, 1.54) is 30.3 Å². The van der Waals surface area contributed by atoms with E-state index in [0.29, 0.717) is 29.9 Å². The van der Waals surface area contributed by atoms with Gasteiger partial charge in [-0.3, -0.25) is 0 Å². The van der Waals surface area contributed by atoms with Crippen molar-refractivity contribution in [2.75, 3.05) is 6.61 Å². The molecule has 0 unspecified atom stereocenters. The van der Waals surface area contributed by atoms with Gasteiger partial charge in [0.05, 0.1) is 0 Å². The van der Waals surface area contributed by atoms with E-state index in [1.807, 2.05) is 6.92 Å². The SMILES string of the molecule is CCCc1ccc(OCC(F)(F)Oc2ccc(C3CCC(C4CCC(/C=C/C(F)(F)F)CC4)CC3)c(F)c2)c(F)c1. The molecule has 0 saturated heterocycles. The molecule has 2 aromatic carbocycles. The van der Waals surface area contributed by atoms with Gasteiger partial charge in [-0.25, -0.2) is 8.78 Å². The molecule has 0 aliphatic heterocycles. The molecule has 0 atom stereocenters. The second-order valence-corrected chi connectivity index (χ2v) is 11.4. The highest BCUT2D eigenvalue weighted by Crippen LogP contribution is 2.45. The number of benzene rings is 2. The van der Waals surface area contributed by atoms with Crippen molar-refractivity contribution in [2.24, 2.45) is 17.8 Å². The molecule has 2 aliphatic carbocycles. The summed E-state index contributed by atoms with van der Waals surface area (Å²) in [5, 5.41) is 0. The summed E-state index contributed by atoms with van der Waals surface area (Å²) >= 11 is 0. The van der Waals surface area contributed by atoms with Gasteiger partial charge in [0.2, 0.25) is 0 Å². The monoisotopic (exact) mass is 586 g/mol. The highest BCUT2D eigenvalue weighted by atomic mass is 19.4. The third-order valence-electron chi connectivity index (χ3n) is 8.42. The van der Waals surface area contributed by atoms with E-state index >= 15 is 0 Å². The van der Waals surface area contributed by atoms with E-state index in [9.17, 15) is 30.7 Å². The predicted molar refractivity (Wildman–Crippen MR) is 143 cm³/mol. The Balaban J connectivity index is 1.25. The molecule has 4 rings (SSSR count). The summed E-state index contributed by atoms with van der Waals surface area (Å²) in [4.78, 5) is 0. The molecule has 0 radical (unpaired) electrons. The van der Waals surface area contributed by atoms with Gasteiger partial charge in [-0.15, -0.1) is 0 Å². The minimum absolute atomic E-state index is 0.0313. The topological polar surface area (TPSA) is 18.5 Å². The van der Waals surface area contributed by atoms with Crippen molar-refractivity contribution in [3.8, 4) is 11.5 Å². The average Bonchev–Trinajstić information content (AvgIpc) is 2.92. The van der Waals surface area contributed by atoms with Crippen LogP contribution >= 0.6 is 0 Å². The summed E-state index contributed by atoms with van der Waals surface area (Å²) in [6, 6.07) is 7.93. The van der Waals surface area contributed by atoms with Gasteiger partial charge < -0.3 is 9.47 Å². The second kappa shape index (κ2) is 13.5. The number of allylic oxidation sites excluding steroid dienone is 2. The third kappa shape index (κ3) is 9.14. The molecule has 226 valence electrons. The maximum Gasteiger partial charge on any atom is 0.433 e. The fraction of sp³-hybridized carbons (Fsp3) is 0.562. The van der Waals surface area contributed by atoms with Crippen LogP contribution in [0.1, 0.15) is 81.8 Å². The minimum atomic E-state index is -4.27. The van der Waals surface area contributed by atoms with Crippen molar-refractivity contribution < 1.29 is 40.2 Å². The van der Waals surface area contributed by atoms with Crippen molar-refractivity contribution in [3.05, 3.63) is 71.3 Å². The van der Waals surface area contributed by atoms with E-state index < -0.39 is 30.5 Å². The first kappa shape index (κ1) is 31.2. The predicted octanol–water partition coefficient (Wildman–Crippen LogP) is 10.2. The van der Waals surface area contributed by atoms with E-state index in [1.54, 1.807) is 6.07 Å². The highest BCUT2D eigenvalue weighted by Gasteiger charge is 2.35. The van der Waals surface area contributed by atoms with Gasteiger partial charge in [-0.2, -0.15) is 22.0 Å². The molecule has 2 saturated carbocycles. The summed E-state index contributed by atoms with van der Waals surface area (Å²) in [7, 11) is 0. The molecule has 2 nitrogen and oxygen atoms in total. The van der Waals surface area contributed by atoms with Gasteiger partial charge in [-0.05, 0) is 111 Å². The van der Waals surface area contributed by atoms with Crippen LogP contribution in [0.15, 0.2) is 48.6 Å². The van der Waals surface area contributed by atoms with Crippen molar-refractivity contribution in [3.63, 3.8) is 0 Å². The van der Waals surface area contributed by atoms with Crippen molar-refractivity contribution >= 4 is 0 Å². The van der Waals surface area contributed by atoms with Crippen molar-refractivity contribution in [1.29, 1.82) is 0 Å². The van der Waals surface area contributed by atoms with Crippen LogP contribution in [0, 0.1) is 29.4 Å². The lowest BCUT2D eigenvalue weighted by Crippen LogP contribution is -2.32. The Morgan fingerprint density at radius 3 is 2.05 bits per heavy atom. The molecule has 0 N–H and O–H groups in total. The zero-order chi connectivity index (χ0) is 29.6. The minimum Gasteiger partial charge on any atom is -0.480 e. The van der Waals surface area contributed by atoms with Crippen LogP contribution in [-0.2, 0) is 6.42 Å². The fourth-order valence-corrected chi connectivity index (χ4v) is 6.33. The number of ether oxygens (including phenoxy) is 2. The average molecular weight is 587 g/mol. The van der Waals surface area contributed by atoms with Crippen LogP contribution in [0.25, 0.3) is 0 Å². The Bertz CT molecular complexity index is 1160. The molecule has 2 aliphatic rings. The number of halogens is 7. The van der Waals surface area contributed by atoms with Crippen molar-refractivity contribution in [2.45, 2.75) is 89.3 Å². The number of alkyl halides is 5. The standard InChI is InChI=1S/C32H37F7O2/c1-2-3-22-6-15-30(29(34)18-22)40-20-32(38,39)41-26-13-14-27(28(33)19-26)25-11-9-24(10-12-25)23-7-4-21(5-8-23)16-17-31(35,36)37/h6,13-19,21,23-25H,2-5,7-12,20H2,1H3/b17-16+. The smallest absolute Gasteiger partial charge is 0.433 e. The summed E-state index contributed by atoms with van der Waals surface area (Å²) in [6.07, 6.45) is 1.69. The maximum absolute atomic E-state index is 15.0. The zero-order valence-electron chi connectivity index (χ0n) is 23.2. The molecular weight excluding hydrogens is 549 g/mol. The molecule has 0 spiro atoms. The normalized spacial score (nSPS) is 24.0. The lowest BCUT2D eigenvalue weighted by atomic mass is 9.68. The second-order valence-electron chi connectivity index (χ2n) is 11.4. The van der Waals surface area contributed by atoms with Gasteiger partial charge in [0.25, 0.3) is 0 Å². The van der Waals surface area contributed by atoms with Gasteiger partial charge >= 0.3 is 12.3 Å². The molecule has 41 heavy (non-hydrogen) atoms. The first-order valence-corrected chi connectivity index (χ1v) is 14.5. The number of hydrogen-bond donors (Lipinski definition) is 0. The fourth-order valence-electron chi connectivity index (χ4n) is 6.33. The quantitative estimate of drug-likeness (QED) is 0.204. The first-order chi connectivity index (χ1) is 19.4. The Kier molecular flexibility index (Phi) is 10.3. The molecule has 0 amide bonds. The molecular formula is C32H37F7O2. The van der Waals surface area contributed by atoms with Crippen LogP contribution in [0.4, 0.5) is 30.7 Å². The van der Waals surface area contributed by atoms with Crippen LogP contribution in [-0.4, -0.2) is 18.9 Å². The molecule has 0 heterocycles. The molecule has 2 fully saturated rings. The zero-order valence-corrected chi connectivity index (χ0v) is 23.2. The van der Waals surface area contributed by atoms with Crippen molar-refractivity contribution in [1.82, 2.24) is 0 Å². The first-order valence-electron chi connectivity index (χ1n) is 14.5. The van der Waals surface area contributed by atoms with Crippen LogP contribution in [0.5, 0.6) is 11.5 Å². The van der Waals surface area contributed by atoms with E-state index in [-0.39, 0.29) is 23.3 Å². The number of aryl methyl sites for hydroxylation is 1. The summed E-state index contributed by atoms with van der Waals surface area (Å²) in [5.41, 5.74) is 1.21. The molecule has 0 aromatic heterocycles. The number of hydrogen-bond acceptors (Lipinski definition) is 2. The summed E-state index contributed by atoms with van der Waals surface area (Å²) < 4.78 is 105. The van der Waals surface area contributed by atoms with E-state index in [4.69, 9.17) is 9.47 Å². The Hall–Kier alpha value is -2.71. The van der Waals surface area contributed by atoms with Gasteiger partial charge in [-0.1, -0.05) is 31.6 Å². The van der Waals surface area contributed by atoms with Crippen LogP contribution in [0.2, 0.25) is 0 Å². The van der Waals surface area contributed by atoms with Gasteiger partial charge in [0.15, 0.2) is 18.2 Å². The van der Waals surface area contributed by atoms with E-state index in [0.717, 1.165) is 69.4 Å². The van der Waals surface area contributed by atoms with Gasteiger partial charge in [0, 0.05) is 12.1 Å². The van der Waals surface area contributed by atoms with Gasteiger partial charge in [0.1, 0.15) is 11.6 Å². The summed E-state index contributed by atoms with van der Waals surface area (Å²) in [6.45, 7) is 0.716. The van der Waals surface area contributed by atoms with Crippen LogP contribution in [0.3, 0.4) is 0 Å². The lowest BCUT2D eigenvalue weighted by molar-refractivity contribution is -0.195. The number of rotatable bonds is 10. The third-order valence-corrected chi connectivity index (χ3v) is 8.42. The molecule has 0 bridgehead atoms. The maximum atomic E-state index is 15.0. The highest BCUT2D eigenvalue weighted by molar-refractivity contribution is 5.32. The molecule has 9 heteroatoms. The van der Waals surface area contributed by atoms with E-state index in [2.05, 4.69) is 0 Å². The Labute approximate surface area is 236 Å². The van der Waals surface area contributed by atoms with Crippen LogP contribution < -0.4 is 9.47 Å². The Morgan fingerprint density at radius 1 is 0.805 bits per heavy atom. The largest absolute Gasteiger partial charge is 0.480 e. The Morgan fingerprint density at radius 2 is 1.46 bits per heavy atom. The lowest BCUT2D eigenvalue weighted by Gasteiger charge is -2.37.